The molecule has 0 aliphatic carbocycles. The van der Waals surface area contributed by atoms with Crippen molar-refractivity contribution in [3.8, 4) is 34.1 Å². The Kier molecular flexibility index (Phi) is 7.93. The number of aromatic nitrogens is 4. The van der Waals surface area contributed by atoms with Crippen LogP contribution in [0.2, 0.25) is 0 Å². The van der Waals surface area contributed by atoms with Gasteiger partial charge in [-0.1, -0.05) is 64.1 Å². The van der Waals surface area contributed by atoms with Gasteiger partial charge in [-0.15, -0.1) is 0 Å². The lowest BCUT2D eigenvalue weighted by Gasteiger charge is -2.16. The zero-order valence-electron chi connectivity index (χ0n) is 28.4. The van der Waals surface area contributed by atoms with Crippen LogP contribution >= 0.6 is 0 Å². The molecule has 47 heavy (non-hydrogen) atoms. The summed E-state index contributed by atoms with van der Waals surface area (Å²) in [6.45, 7) is 15.3. The van der Waals surface area contributed by atoms with E-state index in [0.29, 0.717) is 5.92 Å². The lowest BCUT2D eigenvalue weighted by molar-refractivity contribution is 0.481. The van der Waals surface area contributed by atoms with Crippen molar-refractivity contribution in [2.24, 2.45) is 0 Å². The molecule has 0 aliphatic rings. The largest absolute Gasteiger partial charge is 0.457 e. The molecule has 0 radical (unpaired) electrons. The molecular weight excluding hydrogens is 576 g/mol. The van der Waals surface area contributed by atoms with Gasteiger partial charge in [-0.2, -0.15) is 5.10 Å². The number of benzene rings is 4. The molecule has 0 atom stereocenters. The number of fused-ring (bicyclic) bond motifs is 3. The first-order valence-corrected chi connectivity index (χ1v) is 16.7. The minimum Gasteiger partial charge on any atom is -0.457 e. The molecule has 7 rings (SSSR count). The highest BCUT2D eigenvalue weighted by Gasteiger charge is 2.21. The van der Waals surface area contributed by atoms with E-state index in [2.05, 4.69) is 143 Å². The van der Waals surface area contributed by atoms with E-state index in [0.717, 1.165) is 58.3 Å². The molecule has 0 fully saturated rings. The van der Waals surface area contributed by atoms with Crippen molar-refractivity contribution in [1.82, 2.24) is 19.3 Å². The van der Waals surface area contributed by atoms with Crippen molar-refractivity contribution < 1.29 is 4.74 Å². The van der Waals surface area contributed by atoms with Gasteiger partial charge in [-0.05, 0) is 110 Å². The average molecular weight is 619 g/mol. The smallest absolute Gasteiger partial charge is 0.137 e. The van der Waals surface area contributed by atoms with E-state index >= 15 is 0 Å². The Labute approximate surface area is 277 Å². The molecule has 0 amide bonds. The van der Waals surface area contributed by atoms with Crippen LogP contribution in [0.25, 0.3) is 44.4 Å². The third-order valence-electron chi connectivity index (χ3n) is 9.38. The monoisotopic (exact) mass is 618 g/mol. The van der Waals surface area contributed by atoms with Gasteiger partial charge in [0.15, 0.2) is 0 Å². The van der Waals surface area contributed by atoms with Crippen molar-refractivity contribution in [3.63, 3.8) is 0 Å². The zero-order valence-corrected chi connectivity index (χ0v) is 28.4. The predicted molar refractivity (Wildman–Crippen MR) is 195 cm³/mol. The van der Waals surface area contributed by atoms with Crippen LogP contribution in [-0.2, 0) is 12.8 Å². The van der Waals surface area contributed by atoms with Crippen LogP contribution in [0.3, 0.4) is 0 Å². The standard InChI is InChI=1S/C42H42N4O/c1-8-30-13-12-14-31(9-2)42(30)41-28(6)44-46(29(41)7)33-22-32(26(3)4)23-35(24-33)47-34-17-18-37-36-15-10-11-16-38(36)45(39(37)25-34)40-21-27(5)19-20-43-40/h10-26H,8-9H2,1-7H3. The Morgan fingerprint density at radius 3 is 2.17 bits per heavy atom. The summed E-state index contributed by atoms with van der Waals surface area (Å²) in [4.78, 5) is 4.75. The third kappa shape index (κ3) is 5.40. The summed E-state index contributed by atoms with van der Waals surface area (Å²) in [6, 6.07) is 32.2. The predicted octanol–water partition coefficient (Wildman–Crippen LogP) is 11.0. The first-order valence-electron chi connectivity index (χ1n) is 16.7. The van der Waals surface area contributed by atoms with Crippen LogP contribution in [0.15, 0.2) is 97.2 Å². The van der Waals surface area contributed by atoms with Crippen LogP contribution in [0, 0.1) is 20.8 Å². The van der Waals surface area contributed by atoms with Gasteiger partial charge in [-0.25, -0.2) is 9.67 Å². The van der Waals surface area contributed by atoms with Crippen LogP contribution < -0.4 is 4.74 Å². The number of nitrogens with zero attached hydrogens (tertiary/aromatic N) is 4. The molecule has 7 aromatic rings. The molecule has 0 spiro atoms. The zero-order chi connectivity index (χ0) is 32.8. The van der Waals surface area contributed by atoms with Gasteiger partial charge >= 0.3 is 0 Å². The van der Waals surface area contributed by atoms with Crippen LogP contribution in [0.5, 0.6) is 11.5 Å². The maximum Gasteiger partial charge on any atom is 0.137 e. The van der Waals surface area contributed by atoms with Gasteiger partial charge in [0.25, 0.3) is 0 Å². The van der Waals surface area contributed by atoms with E-state index in [1.165, 1.54) is 44.2 Å². The van der Waals surface area contributed by atoms with E-state index in [9.17, 15) is 0 Å². The van der Waals surface area contributed by atoms with Crippen LogP contribution in [-0.4, -0.2) is 19.3 Å². The van der Waals surface area contributed by atoms with Crippen molar-refractivity contribution in [3.05, 3.63) is 131 Å². The van der Waals surface area contributed by atoms with Gasteiger partial charge in [0.2, 0.25) is 0 Å². The Morgan fingerprint density at radius 2 is 1.45 bits per heavy atom. The quantitative estimate of drug-likeness (QED) is 0.170. The number of pyridine rings is 1. The average Bonchev–Trinajstić information content (AvgIpc) is 3.56. The summed E-state index contributed by atoms with van der Waals surface area (Å²) < 4.78 is 11.0. The van der Waals surface area contributed by atoms with Crippen molar-refractivity contribution in [2.75, 3.05) is 0 Å². The third-order valence-corrected chi connectivity index (χ3v) is 9.38. The normalized spacial score (nSPS) is 11.7. The number of rotatable bonds is 8. The Morgan fingerprint density at radius 1 is 0.702 bits per heavy atom. The summed E-state index contributed by atoms with van der Waals surface area (Å²) in [6.07, 6.45) is 3.84. The fourth-order valence-corrected chi connectivity index (χ4v) is 6.98. The highest BCUT2D eigenvalue weighted by Crippen LogP contribution is 2.38. The molecule has 236 valence electrons. The molecule has 5 nitrogen and oxygen atoms in total. The second-order valence-corrected chi connectivity index (χ2v) is 12.9. The van der Waals surface area contributed by atoms with Crippen molar-refractivity contribution >= 4 is 21.8 Å². The highest BCUT2D eigenvalue weighted by molar-refractivity contribution is 6.09. The maximum absolute atomic E-state index is 6.71. The molecule has 0 bridgehead atoms. The topological polar surface area (TPSA) is 44.9 Å². The Balaban J connectivity index is 1.34. The summed E-state index contributed by atoms with van der Waals surface area (Å²) in [7, 11) is 0. The first kappa shape index (κ1) is 30.5. The minimum absolute atomic E-state index is 0.318. The first-order chi connectivity index (χ1) is 22.8. The minimum atomic E-state index is 0.318. The van der Waals surface area contributed by atoms with Crippen molar-refractivity contribution in [1.29, 1.82) is 0 Å². The lowest BCUT2D eigenvalue weighted by Crippen LogP contribution is -2.02. The molecular formula is C42H42N4O. The second kappa shape index (κ2) is 12.2. The Hall–Kier alpha value is -5.16. The molecule has 0 unspecified atom stereocenters. The molecule has 0 N–H and O–H groups in total. The lowest BCUT2D eigenvalue weighted by atomic mass is 9.91. The molecule has 5 heteroatoms. The van der Waals surface area contributed by atoms with Gasteiger partial charge in [0.05, 0.1) is 22.4 Å². The van der Waals surface area contributed by atoms with E-state index in [-0.39, 0.29) is 0 Å². The summed E-state index contributed by atoms with van der Waals surface area (Å²) in [5.74, 6) is 2.78. The van der Waals surface area contributed by atoms with Gasteiger partial charge in [-0.3, -0.25) is 4.57 Å². The molecule has 4 aromatic carbocycles. The summed E-state index contributed by atoms with van der Waals surface area (Å²) >= 11 is 0. The van der Waals surface area contributed by atoms with Gasteiger partial charge in [0, 0.05) is 40.4 Å². The molecule has 3 aromatic heterocycles. The molecule has 0 aliphatic heterocycles. The fraction of sp³-hybridized carbons (Fsp3) is 0.238. The summed E-state index contributed by atoms with van der Waals surface area (Å²) in [5, 5.41) is 7.49. The van der Waals surface area contributed by atoms with Crippen molar-refractivity contribution in [2.45, 2.75) is 67.2 Å². The molecule has 3 heterocycles. The van der Waals surface area contributed by atoms with Gasteiger partial charge < -0.3 is 4.74 Å². The highest BCUT2D eigenvalue weighted by atomic mass is 16.5. The van der Waals surface area contributed by atoms with Crippen LogP contribution in [0.1, 0.15) is 67.3 Å². The summed E-state index contributed by atoms with van der Waals surface area (Å²) in [5.41, 5.74) is 13.0. The number of hydrogen-bond acceptors (Lipinski definition) is 3. The van der Waals surface area contributed by atoms with E-state index in [4.69, 9.17) is 14.8 Å². The number of ether oxygens (including phenoxy) is 1. The molecule has 0 saturated carbocycles. The molecule has 0 saturated heterocycles. The number of para-hydroxylation sites is 1. The van der Waals surface area contributed by atoms with Gasteiger partial charge in [0.1, 0.15) is 17.3 Å². The second-order valence-electron chi connectivity index (χ2n) is 12.9. The Bertz CT molecular complexity index is 2250. The van der Waals surface area contributed by atoms with E-state index in [1.54, 1.807) is 0 Å². The van der Waals surface area contributed by atoms with E-state index in [1.807, 2.05) is 12.3 Å². The number of aryl methyl sites for hydroxylation is 4. The fourth-order valence-electron chi connectivity index (χ4n) is 6.98. The number of hydrogen-bond donors (Lipinski definition) is 0. The SMILES string of the molecule is CCc1cccc(CC)c1-c1c(C)nn(-c2cc(Oc3ccc4c5ccccc5n(-c5cc(C)ccn5)c4c3)cc(C(C)C)c2)c1C. The van der Waals surface area contributed by atoms with E-state index < -0.39 is 0 Å². The maximum atomic E-state index is 6.71. The van der Waals surface area contributed by atoms with Crippen LogP contribution in [0.4, 0.5) is 0 Å².